The first-order valence-electron chi connectivity index (χ1n) is 7.81. The van der Waals surface area contributed by atoms with Gasteiger partial charge >= 0.3 is 0 Å². The Morgan fingerprint density at radius 3 is 2.81 bits per heavy atom. The van der Waals surface area contributed by atoms with E-state index in [9.17, 15) is 4.79 Å². The number of rotatable bonds is 4. The van der Waals surface area contributed by atoms with Gasteiger partial charge in [-0.3, -0.25) is 4.79 Å². The molecule has 1 saturated carbocycles. The third kappa shape index (κ3) is 2.67. The van der Waals surface area contributed by atoms with E-state index in [0.29, 0.717) is 5.92 Å². The number of aromatic amines is 1. The molecule has 0 saturated heterocycles. The lowest BCUT2D eigenvalue weighted by Gasteiger charge is -2.22. The number of fused-ring (bicyclic) bond motifs is 1. The molecule has 4 nitrogen and oxygen atoms in total. The summed E-state index contributed by atoms with van der Waals surface area (Å²) >= 11 is 0. The molecular formula is C17H23N3O. The van der Waals surface area contributed by atoms with Gasteiger partial charge in [0.15, 0.2) is 0 Å². The standard InChI is InChI=1S/C17H23N3O/c1-4-17(2,3)16(21)18-12-8-9-13-14(10-12)20-15(19-13)11-6-5-7-11/h8-11H,4-7H2,1-3H3,(H,18,21)(H,19,20). The lowest BCUT2D eigenvalue weighted by Crippen LogP contribution is -2.29. The van der Waals surface area contributed by atoms with Crippen LogP contribution in [0.4, 0.5) is 5.69 Å². The Morgan fingerprint density at radius 2 is 2.19 bits per heavy atom. The molecule has 1 heterocycles. The molecule has 4 heteroatoms. The number of hydrogen-bond acceptors (Lipinski definition) is 2. The minimum atomic E-state index is -0.347. The summed E-state index contributed by atoms with van der Waals surface area (Å²) in [6, 6.07) is 5.88. The second kappa shape index (κ2) is 5.17. The van der Waals surface area contributed by atoms with Crippen molar-refractivity contribution >= 4 is 22.6 Å². The van der Waals surface area contributed by atoms with Gasteiger partial charge in [-0.05, 0) is 37.5 Å². The van der Waals surface area contributed by atoms with Crippen LogP contribution in [0.2, 0.25) is 0 Å². The van der Waals surface area contributed by atoms with Crippen molar-refractivity contribution in [2.75, 3.05) is 5.32 Å². The van der Waals surface area contributed by atoms with Crippen LogP contribution in [0.1, 0.15) is 58.2 Å². The van der Waals surface area contributed by atoms with Gasteiger partial charge in [0, 0.05) is 17.0 Å². The molecule has 112 valence electrons. The number of carbonyl (C=O) groups is 1. The summed E-state index contributed by atoms with van der Waals surface area (Å²) in [6.45, 7) is 5.96. The number of nitrogens with one attached hydrogen (secondary N) is 2. The number of amides is 1. The molecule has 1 amide bonds. The fourth-order valence-corrected chi connectivity index (χ4v) is 2.44. The second-order valence-electron chi connectivity index (χ2n) is 6.67. The third-order valence-electron chi connectivity index (χ3n) is 4.75. The fourth-order valence-electron chi connectivity index (χ4n) is 2.44. The van der Waals surface area contributed by atoms with E-state index in [-0.39, 0.29) is 11.3 Å². The maximum Gasteiger partial charge on any atom is 0.230 e. The summed E-state index contributed by atoms with van der Waals surface area (Å²) in [4.78, 5) is 20.3. The number of nitrogens with zero attached hydrogens (tertiary/aromatic N) is 1. The quantitative estimate of drug-likeness (QED) is 0.884. The molecule has 1 aromatic carbocycles. The third-order valence-corrected chi connectivity index (χ3v) is 4.75. The highest BCUT2D eigenvalue weighted by molar-refractivity contribution is 5.96. The molecule has 2 aromatic rings. The van der Waals surface area contributed by atoms with Gasteiger partial charge in [0.05, 0.1) is 11.0 Å². The maximum atomic E-state index is 12.2. The van der Waals surface area contributed by atoms with Gasteiger partial charge in [0.25, 0.3) is 0 Å². The van der Waals surface area contributed by atoms with E-state index in [1.165, 1.54) is 19.3 Å². The van der Waals surface area contributed by atoms with E-state index >= 15 is 0 Å². The van der Waals surface area contributed by atoms with Crippen molar-refractivity contribution in [3.8, 4) is 0 Å². The number of anilines is 1. The molecule has 1 aromatic heterocycles. The number of carbonyl (C=O) groups excluding carboxylic acids is 1. The van der Waals surface area contributed by atoms with Crippen LogP contribution in [0.5, 0.6) is 0 Å². The fraction of sp³-hybridized carbons (Fsp3) is 0.529. The molecule has 0 unspecified atom stereocenters. The van der Waals surface area contributed by atoms with Crippen LogP contribution in [0.25, 0.3) is 11.0 Å². The highest BCUT2D eigenvalue weighted by Crippen LogP contribution is 2.35. The van der Waals surface area contributed by atoms with Crippen molar-refractivity contribution in [3.63, 3.8) is 0 Å². The molecular weight excluding hydrogens is 262 g/mol. The SMILES string of the molecule is CCC(C)(C)C(=O)Nc1ccc2nc(C3CCC3)[nH]c2c1. The summed E-state index contributed by atoms with van der Waals surface area (Å²) in [5, 5.41) is 3.00. The Kier molecular flexibility index (Phi) is 3.47. The normalized spacial score (nSPS) is 16.0. The zero-order chi connectivity index (χ0) is 15.0. The van der Waals surface area contributed by atoms with Gasteiger partial charge in [-0.2, -0.15) is 0 Å². The van der Waals surface area contributed by atoms with E-state index in [4.69, 9.17) is 0 Å². The van der Waals surface area contributed by atoms with Crippen molar-refractivity contribution in [3.05, 3.63) is 24.0 Å². The first-order valence-corrected chi connectivity index (χ1v) is 7.81. The van der Waals surface area contributed by atoms with Crippen molar-refractivity contribution in [1.82, 2.24) is 9.97 Å². The van der Waals surface area contributed by atoms with Crippen LogP contribution in [0.3, 0.4) is 0 Å². The van der Waals surface area contributed by atoms with Crippen LogP contribution < -0.4 is 5.32 Å². The van der Waals surface area contributed by atoms with Gasteiger partial charge in [-0.25, -0.2) is 4.98 Å². The minimum Gasteiger partial charge on any atom is -0.342 e. The molecule has 3 rings (SSSR count). The summed E-state index contributed by atoms with van der Waals surface area (Å²) in [5.74, 6) is 1.74. The Balaban J connectivity index is 1.82. The van der Waals surface area contributed by atoms with E-state index in [1.807, 2.05) is 39.0 Å². The zero-order valence-electron chi connectivity index (χ0n) is 13.0. The average molecular weight is 285 g/mol. The molecule has 1 aliphatic rings. The van der Waals surface area contributed by atoms with Crippen LogP contribution in [-0.4, -0.2) is 15.9 Å². The molecule has 1 aliphatic carbocycles. The molecule has 21 heavy (non-hydrogen) atoms. The summed E-state index contributed by atoms with van der Waals surface area (Å²) in [5.41, 5.74) is 2.46. The molecule has 0 spiro atoms. The Hall–Kier alpha value is -1.84. The monoisotopic (exact) mass is 285 g/mol. The molecule has 0 atom stereocenters. The first kappa shape index (κ1) is 14.1. The molecule has 0 radical (unpaired) electrons. The highest BCUT2D eigenvalue weighted by atomic mass is 16.2. The van der Waals surface area contributed by atoms with Gasteiger partial charge < -0.3 is 10.3 Å². The Bertz CT molecular complexity index is 668. The molecule has 1 fully saturated rings. The second-order valence-corrected chi connectivity index (χ2v) is 6.67. The smallest absolute Gasteiger partial charge is 0.230 e. The summed E-state index contributed by atoms with van der Waals surface area (Å²) in [6.07, 6.45) is 4.58. The summed E-state index contributed by atoms with van der Waals surface area (Å²) in [7, 11) is 0. The van der Waals surface area contributed by atoms with Crippen molar-refractivity contribution in [2.24, 2.45) is 5.41 Å². The Morgan fingerprint density at radius 1 is 1.43 bits per heavy atom. The number of aromatic nitrogens is 2. The van der Waals surface area contributed by atoms with Crippen LogP contribution >= 0.6 is 0 Å². The van der Waals surface area contributed by atoms with E-state index in [2.05, 4.69) is 15.3 Å². The highest BCUT2D eigenvalue weighted by Gasteiger charge is 2.26. The lowest BCUT2D eigenvalue weighted by atomic mass is 9.85. The largest absolute Gasteiger partial charge is 0.342 e. The van der Waals surface area contributed by atoms with Crippen LogP contribution in [0, 0.1) is 5.41 Å². The number of hydrogen-bond donors (Lipinski definition) is 2. The van der Waals surface area contributed by atoms with Crippen molar-refractivity contribution in [2.45, 2.75) is 52.4 Å². The number of benzene rings is 1. The molecule has 0 bridgehead atoms. The average Bonchev–Trinajstić information content (AvgIpc) is 2.78. The van der Waals surface area contributed by atoms with Crippen molar-refractivity contribution < 1.29 is 4.79 Å². The number of H-pyrrole nitrogens is 1. The summed E-state index contributed by atoms with van der Waals surface area (Å²) < 4.78 is 0. The van der Waals surface area contributed by atoms with Gasteiger partial charge in [0.2, 0.25) is 5.91 Å². The van der Waals surface area contributed by atoms with Crippen LogP contribution in [-0.2, 0) is 4.79 Å². The van der Waals surface area contributed by atoms with Gasteiger partial charge in [0.1, 0.15) is 5.82 Å². The van der Waals surface area contributed by atoms with E-state index in [1.54, 1.807) is 0 Å². The zero-order valence-corrected chi connectivity index (χ0v) is 13.0. The van der Waals surface area contributed by atoms with Gasteiger partial charge in [-0.1, -0.05) is 27.2 Å². The lowest BCUT2D eigenvalue weighted by molar-refractivity contribution is -0.124. The number of imidazole rings is 1. The minimum absolute atomic E-state index is 0.0584. The molecule has 2 N–H and O–H groups in total. The first-order chi connectivity index (χ1) is 9.99. The van der Waals surface area contributed by atoms with Crippen LogP contribution in [0.15, 0.2) is 18.2 Å². The van der Waals surface area contributed by atoms with Gasteiger partial charge in [-0.15, -0.1) is 0 Å². The molecule has 0 aliphatic heterocycles. The van der Waals surface area contributed by atoms with E-state index < -0.39 is 0 Å². The Labute approximate surface area is 125 Å². The van der Waals surface area contributed by atoms with Crippen molar-refractivity contribution in [1.29, 1.82) is 0 Å². The maximum absolute atomic E-state index is 12.2. The predicted molar refractivity (Wildman–Crippen MR) is 85.4 cm³/mol. The topological polar surface area (TPSA) is 57.8 Å². The predicted octanol–water partition coefficient (Wildman–Crippen LogP) is 4.21. The van der Waals surface area contributed by atoms with E-state index in [0.717, 1.165) is 29.0 Å².